The Kier molecular flexibility index (Phi) is 13.8. The van der Waals surface area contributed by atoms with E-state index in [0.29, 0.717) is 16.5 Å². The highest BCUT2D eigenvalue weighted by atomic mass is 35.5. The summed E-state index contributed by atoms with van der Waals surface area (Å²) in [5.74, 6) is -0.780. The van der Waals surface area contributed by atoms with Crippen LogP contribution in [-0.4, -0.2) is 46.4 Å². The number of amides is 2. The van der Waals surface area contributed by atoms with E-state index in [-0.39, 0.29) is 12.1 Å². The molecular weight excluding hydrogens is 539 g/mol. The van der Waals surface area contributed by atoms with Crippen LogP contribution in [0, 0.1) is 0 Å². The van der Waals surface area contributed by atoms with E-state index < -0.39 is 10.7 Å². The fourth-order valence-electron chi connectivity index (χ4n) is 4.48. The largest absolute Gasteiger partial charge is 0.480 e. The second kappa shape index (κ2) is 16.3. The Morgan fingerprint density at radius 3 is 2.16 bits per heavy atom. The number of unbranched alkanes of at least 4 members (excludes halogenated alkanes) is 5. The quantitative estimate of drug-likeness (QED) is 0.195. The lowest BCUT2D eigenvalue weighted by Crippen LogP contribution is -2.46. The van der Waals surface area contributed by atoms with Gasteiger partial charge in [-0.15, -0.1) is 11.8 Å². The highest BCUT2D eigenvalue weighted by molar-refractivity contribution is 8.01. The summed E-state index contributed by atoms with van der Waals surface area (Å²) >= 11 is 12.6. The van der Waals surface area contributed by atoms with Gasteiger partial charge in [0.2, 0.25) is 0 Å². The second-order valence-electron chi connectivity index (χ2n) is 9.91. The summed E-state index contributed by atoms with van der Waals surface area (Å²) in [7, 11) is 1.70. The maximum atomic E-state index is 12.5. The topological polar surface area (TPSA) is 69.6 Å². The van der Waals surface area contributed by atoms with Crippen LogP contribution >= 0.6 is 35.0 Å². The fraction of sp³-hybridized carbons (Fsp3) is 0.533. The van der Waals surface area contributed by atoms with Gasteiger partial charge >= 0.3 is 12.0 Å². The van der Waals surface area contributed by atoms with Crippen molar-refractivity contribution < 1.29 is 14.7 Å². The Hall–Kier alpha value is -1.89. The molecule has 2 unspecified atom stereocenters. The molecule has 0 spiro atoms. The van der Waals surface area contributed by atoms with Gasteiger partial charge in [-0.25, -0.2) is 4.79 Å². The van der Waals surface area contributed by atoms with Crippen LogP contribution in [0.15, 0.2) is 47.4 Å². The fourth-order valence-corrected chi connectivity index (χ4v) is 5.84. The Balaban J connectivity index is 0.000000538. The maximum absolute atomic E-state index is 12.5. The van der Waals surface area contributed by atoms with E-state index >= 15 is 0 Å². The minimum Gasteiger partial charge on any atom is -0.480 e. The van der Waals surface area contributed by atoms with Crippen molar-refractivity contribution in [2.45, 2.75) is 94.2 Å². The van der Waals surface area contributed by atoms with Gasteiger partial charge in [-0.05, 0) is 68.0 Å². The van der Waals surface area contributed by atoms with E-state index in [9.17, 15) is 14.7 Å². The molecule has 2 aromatic carbocycles. The van der Waals surface area contributed by atoms with Crippen LogP contribution in [0.25, 0.3) is 0 Å². The maximum Gasteiger partial charge on any atom is 0.319 e. The molecular formula is C30H42Cl2N2O3S. The number of rotatable bonds is 12. The van der Waals surface area contributed by atoms with Crippen LogP contribution in [0.2, 0.25) is 10.0 Å². The number of benzene rings is 2. The SMILES string of the molecule is CCCCCCCCN(C(=O)NC)C1Cc2ccc(SC(C)(CC)C(=O)O)cc2C1.Clc1ccccc1Cl. The summed E-state index contributed by atoms with van der Waals surface area (Å²) in [5, 5.41) is 13.6. The van der Waals surface area contributed by atoms with Gasteiger partial charge in [-0.3, -0.25) is 4.79 Å². The zero-order valence-corrected chi connectivity index (χ0v) is 25.4. The lowest BCUT2D eigenvalue weighted by molar-refractivity contribution is -0.139. The Morgan fingerprint density at radius 2 is 1.61 bits per heavy atom. The average Bonchev–Trinajstić information content (AvgIpc) is 3.32. The molecule has 2 aromatic rings. The highest BCUT2D eigenvalue weighted by Gasteiger charge is 2.34. The first-order chi connectivity index (χ1) is 18.1. The number of nitrogens with zero attached hydrogens (tertiary/aromatic N) is 1. The van der Waals surface area contributed by atoms with Gasteiger partial charge in [-0.1, -0.05) is 87.4 Å². The summed E-state index contributed by atoms with van der Waals surface area (Å²) in [4.78, 5) is 27.2. The van der Waals surface area contributed by atoms with E-state index in [0.717, 1.165) is 30.7 Å². The van der Waals surface area contributed by atoms with Gasteiger partial charge in [0, 0.05) is 24.5 Å². The van der Waals surface area contributed by atoms with Crippen molar-refractivity contribution in [3.8, 4) is 0 Å². The van der Waals surface area contributed by atoms with Gasteiger partial charge in [0.25, 0.3) is 0 Å². The molecule has 1 aliphatic carbocycles. The number of nitrogens with one attached hydrogen (secondary N) is 1. The number of carboxylic acid groups (broad SMARTS) is 1. The van der Waals surface area contributed by atoms with E-state index in [2.05, 4.69) is 24.4 Å². The molecule has 3 rings (SSSR count). The first-order valence-corrected chi connectivity index (χ1v) is 15.1. The molecule has 2 N–H and O–H groups in total. The van der Waals surface area contributed by atoms with Gasteiger partial charge in [0.15, 0.2) is 0 Å². The van der Waals surface area contributed by atoms with Crippen molar-refractivity contribution in [3.05, 3.63) is 63.6 Å². The lowest BCUT2D eigenvalue weighted by Gasteiger charge is -2.28. The number of carbonyl (C=O) groups is 2. The summed E-state index contributed by atoms with van der Waals surface area (Å²) in [6, 6.07) is 13.6. The molecule has 0 bridgehead atoms. The standard InChI is InChI=1S/C24H38N2O3S.C6H4Cl2/c1-5-7-8-9-10-11-14-26(23(29)25-4)20-15-18-12-13-21(17-19(18)16-20)30-24(3,6-2)22(27)28;7-5-3-1-2-4-6(5)8/h12-13,17,20H,5-11,14-16H2,1-4H3,(H,25,29)(H,27,28);1-4H. The summed E-state index contributed by atoms with van der Waals surface area (Å²) in [6.45, 7) is 6.70. The molecule has 1 aliphatic rings. The minimum absolute atomic E-state index is 0.000369. The van der Waals surface area contributed by atoms with Gasteiger partial charge in [0.05, 0.1) is 10.0 Å². The molecule has 8 heteroatoms. The van der Waals surface area contributed by atoms with Crippen molar-refractivity contribution in [2.75, 3.05) is 13.6 Å². The molecule has 0 saturated heterocycles. The smallest absolute Gasteiger partial charge is 0.319 e. The Morgan fingerprint density at radius 1 is 1.00 bits per heavy atom. The van der Waals surface area contributed by atoms with Crippen LogP contribution in [-0.2, 0) is 17.6 Å². The highest BCUT2D eigenvalue weighted by Crippen LogP contribution is 2.38. The van der Waals surface area contributed by atoms with Gasteiger partial charge in [0.1, 0.15) is 4.75 Å². The van der Waals surface area contributed by atoms with Crippen molar-refractivity contribution in [2.24, 2.45) is 0 Å². The van der Waals surface area contributed by atoms with Crippen LogP contribution < -0.4 is 5.32 Å². The summed E-state index contributed by atoms with van der Waals surface area (Å²) in [5.41, 5.74) is 2.51. The summed E-state index contributed by atoms with van der Waals surface area (Å²) in [6.07, 6.45) is 9.52. The normalized spacial score (nSPS) is 15.6. The molecule has 0 fully saturated rings. The lowest BCUT2D eigenvalue weighted by atomic mass is 10.1. The Labute approximate surface area is 242 Å². The number of hydrogen-bond donors (Lipinski definition) is 2. The monoisotopic (exact) mass is 580 g/mol. The number of urea groups is 1. The van der Waals surface area contributed by atoms with Gasteiger partial charge < -0.3 is 15.3 Å². The zero-order chi connectivity index (χ0) is 28.1. The van der Waals surface area contributed by atoms with Crippen molar-refractivity contribution in [1.82, 2.24) is 10.2 Å². The molecule has 5 nitrogen and oxygen atoms in total. The molecule has 2 atom stereocenters. The molecule has 38 heavy (non-hydrogen) atoms. The molecule has 0 heterocycles. The third kappa shape index (κ3) is 9.69. The zero-order valence-electron chi connectivity index (χ0n) is 23.1. The van der Waals surface area contributed by atoms with Crippen LogP contribution in [0.1, 0.15) is 76.8 Å². The first-order valence-electron chi connectivity index (χ1n) is 13.6. The van der Waals surface area contributed by atoms with Crippen molar-refractivity contribution in [1.29, 1.82) is 0 Å². The number of carbonyl (C=O) groups excluding carboxylic acids is 1. The van der Waals surface area contributed by atoms with Crippen molar-refractivity contribution >= 4 is 47.0 Å². The molecule has 0 aromatic heterocycles. The minimum atomic E-state index is -0.821. The predicted octanol–water partition coefficient (Wildman–Crippen LogP) is 8.49. The van der Waals surface area contributed by atoms with E-state index in [1.807, 2.05) is 30.0 Å². The molecule has 0 radical (unpaired) electrons. The van der Waals surface area contributed by atoms with Crippen LogP contribution in [0.4, 0.5) is 4.79 Å². The second-order valence-corrected chi connectivity index (χ2v) is 12.3. The number of hydrogen-bond acceptors (Lipinski definition) is 3. The third-order valence-electron chi connectivity index (χ3n) is 7.05. The summed E-state index contributed by atoms with van der Waals surface area (Å²) < 4.78 is -0.821. The third-order valence-corrected chi connectivity index (χ3v) is 9.21. The van der Waals surface area contributed by atoms with Crippen LogP contribution in [0.3, 0.4) is 0 Å². The number of carboxylic acids is 1. The predicted molar refractivity (Wildman–Crippen MR) is 161 cm³/mol. The molecule has 0 aliphatic heterocycles. The first kappa shape index (κ1) is 32.3. The number of aliphatic carboxylic acids is 1. The van der Waals surface area contributed by atoms with E-state index in [1.54, 1.807) is 26.1 Å². The van der Waals surface area contributed by atoms with Crippen molar-refractivity contribution in [3.63, 3.8) is 0 Å². The van der Waals surface area contributed by atoms with E-state index in [1.165, 1.54) is 55.0 Å². The molecule has 2 amide bonds. The average molecular weight is 582 g/mol. The van der Waals surface area contributed by atoms with Crippen LogP contribution in [0.5, 0.6) is 0 Å². The number of halogens is 2. The van der Waals surface area contributed by atoms with Gasteiger partial charge in [-0.2, -0.15) is 0 Å². The number of fused-ring (bicyclic) bond motifs is 1. The molecule has 210 valence electrons. The van der Waals surface area contributed by atoms with E-state index in [4.69, 9.17) is 23.2 Å². The molecule has 0 saturated carbocycles. The Bertz CT molecular complexity index is 1030. The number of thioether (sulfide) groups is 1.